The van der Waals surface area contributed by atoms with Crippen molar-refractivity contribution in [3.63, 3.8) is 0 Å². The number of aromatic hydroxyl groups is 1. The molecule has 0 fully saturated rings. The molecule has 13 heteroatoms. The molecule has 5 rings (SSSR count). The van der Waals surface area contributed by atoms with Gasteiger partial charge in [0, 0.05) is 18.5 Å². The Morgan fingerprint density at radius 2 is 1.60 bits per heavy atom. The molecule has 2 aromatic heterocycles. The molecule has 0 spiro atoms. The van der Waals surface area contributed by atoms with Crippen molar-refractivity contribution in [2.75, 3.05) is 20.2 Å². The Bertz CT molecular complexity index is 2130. The summed E-state index contributed by atoms with van der Waals surface area (Å²) in [4.78, 5) is 32.6. The number of imidazole rings is 1. The van der Waals surface area contributed by atoms with Crippen molar-refractivity contribution in [3.8, 4) is 11.6 Å². The first kappa shape index (κ1) is 38.3. The van der Waals surface area contributed by atoms with E-state index in [-0.39, 0.29) is 42.7 Å². The Balaban J connectivity index is 1.43. The third-order valence-electron chi connectivity index (χ3n) is 8.91. The van der Waals surface area contributed by atoms with Crippen LogP contribution in [0.25, 0.3) is 10.9 Å². The number of hydrogen-bond acceptors (Lipinski definition) is 8. The molecule has 0 bridgehead atoms. The Hall–Kier alpha value is -4.98. The van der Waals surface area contributed by atoms with Gasteiger partial charge in [0.25, 0.3) is 0 Å². The van der Waals surface area contributed by atoms with E-state index in [1.165, 1.54) is 34.3 Å². The fourth-order valence-corrected chi connectivity index (χ4v) is 7.89. The van der Waals surface area contributed by atoms with Crippen LogP contribution in [0.15, 0.2) is 107 Å². The molecule has 52 heavy (non-hydrogen) atoms. The number of hydrogen-bond donors (Lipinski definition) is 3. The topological polar surface area (TPSA) is 156 Å². The lowest BCUT2D eigenvalue weighted by Gasteiger charge is -2.32. The van der Waals surface area contributed by atoms with E-state index in [4.69, 9.17) is 4.74 Å². The summed E-state index contributed by atoms with van der Waals surface area (Å²) < 4.78 is 36.5. The average molecular weight is 730 g/mol. The van der Waals surface area contributed by atoms with Gasteiger partial charge in [0.1, 0.15) is 11.8 Å². The van der Waals surface area contributed by atoms with E-state index < -0.39 is 45.7 Å². The van der Waals surface area contributed by atoms with E-state index in [2.05, 4.69) is 10.3 Å². The van der Waals surface area contributed by atoms with Crippen molar-refractivity contribution >= 4 is 26.8 Å². The summed E-state index contributed by atoms with van der Waals surface area (Å²) in [5, 5.41) is 26.6. The monoisotopic (exact) mass is 729 g/mol. The van der Waals surface area contributed by atoms with Crippen LogP contribution in [0.3, 0.4) is 0 Å². The molecule has 0 saturated carbocycles. The SMILES string of the molecule is COc1ccc(S(=O)(=O)N(CC(C)C)C[C@@H](O)[C@H](Cc2ccccc2)NC(=O)[C@H](C(C)C)n2cc(O)n(Cc3ccc4ccccc4n3)c2=O)cc1. The number of nitrogens with one attached hydrogen (secondary N) is 1. The molecule has 12 nitrogen and oxygen atoms in total. The summed E-state index contributed by atoms with van der Waals surface area (Å²) in [6.07, 6.45) is 0.0884. The number of methoxy groups -OCH3 is 1. The number of sulfonamides is 1. The molecule has 1 amide bonds. The van der Waals surface area contributed by atoms with Crippen LogP contribution < -0.4 is 15.7 Å². The zero-order valence-electron chi connectivity index (χ0n) is 30.1. The van der Waals surface area contributed by atoms with Crippen LogP contribution in [-0.4, -0.2) is 75.3 Å². The Morgan fingerprint density at radius 3 is 2.25 bits per heavy atom. The highest BCUT2D eigenvalue weighted by molar-refractivity contribution is 7.89. The summed E-state index contributed by atoms with van der Waals surface area (Å²) in [6.45, 7) is 7.14. The van der Waals surface area contributed by atoms with Gasteiger partial charge >= 0.3 is 5.69 Å². The number of ether oxygens (including phenoxy) is 1. The van der Waals surface area contributed by atoms with Gasteiger partial charge in [-0.3, -0.25) is 18.9 Å². The van der Waals surface area contributed by atoms with Gasteiger partial charge in [-0.1, -0.05) is 82.3 Å². The predicted octanol–water partition coefficient (Wildman–Crippen LogP) is 4.59. The van der Waals surface area contributed by atoms with Gasteiger partial charge in [-0.15, -0.1) is 0 Å². The first-order chi connectivity index (χ1) is 24.8. The van der Waals surface area contributed by atoms with Crippen LogP contribution in [0.2, 0.25) is 0 Å². The smallest absolute Gasteiger partial charge is 0.332 e. The molecule has 2 heterocycles. The van der Waals surface area contributed by atoms with E-state index in [1.807, 2.05) is 74.5 Å². The second kappa shape index (κ2) is 16.6. The molecular weight excluding hydrogens is 683 g/mol. The molecule has 0 unspecified atom stereocenters. The summed E-state index contributed by atoms with van der Waals surface area (Å²) in [6, 6.07) is 24.5. The van der Waals surface area contributed by atoms with Crippen molar-refractivity contribution in [2.24, 2.45) is 11.8 Å². The normalized spacial score (nSPS) is 13.8. The highest BCUT2D eigenvalue weighted by atomic mass is 32.2. The van der Waals surface area contributed by atoms with Gasteiger partial charge in [-0.25, -0.2) is 13.2 Å². The van der Waals surface area contributed by atoms with E-state index in [9.17, 15) is 28.2 Å². The molecule has 0 radical (unpaired) electrons. The minimum Gasteiger partial charge on any atom is -0.497 e. The fourth-order valence-electron chi connectivity index (χ4n) is 6.27. The van der Waals surface area contributed by atoms with E-state index >= 15 is 0 Å². The summed E-state index contributed by atoms with van der Waals surface area (Å²) >= 11 is 0. The van der Waals surface area contributed by atoms with Gasteiger partial charge in [-0.05, 0) is 60.2 Å². The van der Waals surface area contributed by atoms with Crippen molar-refractivity contribution in [1.29, 1.82) is 0 Å². The number of para-hydroxylation sites is 1. The molecule has 0 saturated heterocycles. The first-order valence-corrected chi connectivity index (χ1v) is 18.7. The molecule has 276 valence electrons. The Morgan fingerprint density at radius 1 is 0.923 bits per heavy atom. The zero-order valence-corrected chi connectivity index (χ0v) is 30.9. The van der Waals surface area contributed by atoms with E-state index in [0.29, 0.717) is 11.4 Å². The number of aliphatic hydroxyl groups is 1. The lowest BCUT2D eigenvalue weighted by atomic mass is 9.98. The molecular formula is C39H47N5O7S. The summed E-state index contributed by atoms with van der Waals surface area (Å²) in [5.41, 5.74) is 1.51. The summed E-state index contributed by atoms with van der Waals surface area (Å²) in [5.74, 6) is -0.859. The number of amides is 1. The molecule has 3 N–H and O–H groups in total. The number of aromatic nitrogens is 3. The van der Waals surface area contributed by atoms with Gasteiger partial charge in [-0.2, -0.15) is 4.31 Å². The number of fused-ring (bicyclic) bond motifs is 1. The highest BCUT2D eigenvalue weighted by Crippen LogP contribution is 2.24. The number of pyridine rings is 1. The van der Waals surface area contributed by atoms with Crippen molar-refractivity contribution in [1.82, 2.24) is 23.7 Å². The second-order valence-corrected chi connectivity index (χ2v) is 15.6. The number of nitrogens with zero attached hydrogens (tertiary/aromatic N) is 4. The molecule has 3 atom stereocenters. The van der Waals surface area contributed by atoms with Crippen LogP contribution >= 0.6 is 0 Å². The van der Waals surface area contributed by atoms with Crippen molar-refractivity contribution in [2.45, 2.75) is 63.7 Å². The average Bonchev–Trinajstić information content (AvgIpc) is 3.38. The number of carbonyl (C=O) groups excluding carboxylic acids is 1. The zero-order chi connectivity index (χ0) is 37.6. The lowest BCUT2D eigenvalue weighted by Crippen LogP contribution is -2.53. The number of rotatable bonds is 16. The minimum atomic E-state index is -4.05. The van der Waals surface area contributed by atoms with Crippen LogP contribution in [0, 0.1) is 11.8 Å². The summed E-state index contributed by atoms with van der Waals surface area (Å²) in [7, 11) is -2.55. The maximum Gasteiger partial charge on any atom is 0.332 e. The van der Waals surface area contributed by atoms with Crippen LogP contribution in [0.5, 0.6) is 11.6 Å². The molecule has 0 aliphatic carbocycles. The standard InChI is InChI=1S/C39H47N5O7S/c1-26(2)22-42(52(49,50)32-19-17-31(51-5)18-20-32)24-35(45)34(21-28-11-7-6-8-12-28)41-38(47)37(27(3)4)44-25-36(46)43(39(44)48)23-30-16-15-29-13-9-10-14-33(29)40-30/h6-20,25-27,34-35,37,45-46H,21-24H2,1-5H3,(H,41,47)/t34-,35+,37-/m0/s1. The van der Waals surface area contributed by atoms with Crippen LogP contribution in [-0.2, 0) is 27.8 Å². The lowest BCUT2D eigenvalue weighted by molar-refractivity contribution is -0.127. The highest BCUT2D eigenvalue weighted by Gasteiger charge is 2.34. The van der Waals surface area contributed by atoms with Crippen LogP contribution in [0.1, 0.15) is 45.0 Å². The molecule has 0 aliphatic heterocycles. The van der Waals surface area contributed by atoms with Gasteiger partial charge in [0.2, 0.25) is 21.8 Å². The Labute approximate surface area is 304 Å². The molecule has 5 aromatic rings. The van der Waals surface area contributed by atoms with Crippen molar-refractivity contribution < 1.29 is 28.2 Å². The second-order valence-electron chi connectivity index (χ2n) is 13.7. The first-order valence-electron chi connectivity index (χ1n) is 17.3. The largest absolute Gasteiger partial charge is 0.497 e. The number of benzene rings is 3. The van der Waals surface area contributed by atoms with E-state index in [1.54, 1.807) is 32.0 Å². The maximum atomic E-state index is 14.2. The fraction of sp³-hybridized carbons (Fsp3) is 0.359. The quantitative estimate of drug-likeness (QED) is 0.133. The van der Waals surface area contributed by atoms with Gasteiger partial charge in [0.15, 0.2) is 0 Å². The third kappa shape index (κ3) is 8.90. The molecule has 3 aromatic carbocycles. The molecule has 0 aliphatic rings. The third-order valence-corrected chi connectivity index (χ3v) is 10.8. The predicted molar refractivity (Wildman–Crippen MR) is 200 cm³/mol. The van der Waals surface area contributed by atoms with Crippen LogP contribution in [0.4, 0.5) is 0 Å². The minimum absolute atomic E-state index is 0.0152. The van der Waals surface area contributed by atoms with E-state index in [0.717, 1.165) is 21.0 Å². The Kier molecular flexibility index (Phi) is 12.2. The van der Waals surface area contributed by atoms with Gasteiger partial charge in [0.05, 0.1) is 48.1 Å². The number of carbonyl (C=O) groups is 1. The number of aliphatic hydroxyl groups excluding tert-OH is 1. The maximum absolute atomic E-state index is 14.2. The van der Waals surface area contributed by atoms with Crippen molar-refractivity contribution in [3.05, 3.63) is 119 Å². The van der Waals surface area contributed by atoms with Gasteiger partial charge < -0.3 is 20.3 Å².